The second-order valence-corrected chi connectivity index (χ2v) is 10.9. The third-order valence-corrected chi connectivity index (χ3v) is 6.47. The van der Waals surface area contributed by atoms with Gasteiger partial charge in [0.1, 0.15) is 17.7 Å². The highest BCUT2D eigenvalue weighted by Crippen LogP contribution is 2.31. The number of aryl methyl sites for hydroxylation is 4. The molecule has 0 aliphatic rings. The van der Waals surface area contributed by atoms with Crippen molar-refractivity contribution in [1.82, 2.24) is 10.2 Å². The number of para-hydroxylation sites is 1. The number of carbonyl (C=O) groups is 3. The van der Waals surface area contributed by atoms with Crippen LogP contribution in [0, 0.1) is 27.7 Å². The van der Waals surface area contributed by atoms with E-state index in [1.807, 2.05) is 77.9 Å². The third-order valence-electron chi connectivity index (χ3n) is 6.47. The van der Waals surface area contributed by atoms with Crippen LogP contribution < -0.4 is 10.6 Å². The Hall–Kier alpha value is -3.39. The number of nitrogens with zero attached hydrogens (tertiary/aromatic N) is 1. The fraction of sp³-hybridized carbons (Fsp3) is 0.500. The zero-order valence-electron chi connectivity index (χ0n) is 24.1. The van der Waals surface area contributed by atoms with E-state index in [0.717, 1.165) is 22.3 Å². The molecule has 0 fully saturated rings. The lowest BCUT2D eigenvalue weighted by Crippen LogP contribution is -2.56. The van der Waals surface area contributed by atoms with Crippen molar-refractivity contribution in [2.75, 3.05) is 11.9 Å². The van der Waals surface area contributed by atoms with Crippen LogP contribution in [0.4, 0.5) is 10.5 Å². The summed E-state index contributed by atoms with van der Waals surface area (Å²) in [5.74, 6) is -0.952. The van der Waals surface area contributed by atoms with E-state index < -0.39 is 36.3 Å². The first-order valence-electron chi connectivity index (χ1n) is 13.1. The van der Waals surface area contributed by atoms with Gasteiger partial charge in [0.15, 0.2) is 0 Å². The van der Waals surface area contributed by atoms with E-state index in [4.69, 9.17) is 4.74 Å². The van der Waals surface area contributed by atoms with Crippen LogP contribution in [-0.4, -0.2) is 52.2 Å². The molecule has 0 aromatic heterocycles. The minimum atomic E-state index is -1.29. The number of carbonyl (C=O) groups excluding carboxylic acids is 3. The molecule has 3 amide bonds. The molecule has 0 aliphatic carbocycles. The molecular formula is C30H43N3O5. The highest BCUT2D eigenvalue weighted by atomic mass is 16.6. The number of anilines is 1. The van der Waals surface area contributed by atoms with Crippen molar-refractivity contribution in [3.63, 3.8) is 0 Å². The van der Waals surface area contributed by atoms with Gasteiger partial charge in [0, 0.05) is 11.7 Å². The van der Waals surface area contributed by atoms with Gasteiger partial charge in [-0.15, -0.1) is 0 Å². The van der Waals surface area contributed by atoms with Crippen LogP contribution in [0.2, 0.25) is 0 Å². The van der Waals surface area contributed by atoms with E-state index in [-0.39, 0.29) is 11.9 Å². The number of hydrogen-bond donors (Lipinski definition) is 3. The first kappa shape index (κ1) is 30.8. The number of ether oxygens (including phenoxy) is 1. The molecule has 38 heavy (non-hydrogen) atoms. The van der Waals surface area contributed by atoms with Crippen LogP contribution >= 0.6 is 0 Å². The number of aliphatic hydroxyl groups excluding tert-OH is 1. The molecule has 2 aromatic rings. The van der Waals surface area contributed by atoms with Gasteiger partial charge in [0.25, 0.3) is 5.91 Å². The van der Waals surface area contributed by atoms with Gasteiger partial charge in [-0.25, -0.2) is 4.79 Å². The number of hydrogen-bond acceptors (Lipinski definition) is 5. The first-order valence-corrected chi connectivity index (χ1v) is 13.1. The molecule has 0 saturated heterocycles. The Morgan fingerprint density at radius 3 is 2.11 bits per heavy atom. The maximum Gasteiger partial charge on any atom is 0.408 e. The van der Waals surface area contributed by atoms with Gasteiger partial charge in [0.05, 0.1) is 6.61 Å². The number of rotatable bonds is 9. The normalized spacial score (nSPS) is 13.7. The predicted molar refractivity (Wildman–Crippen MR) is 150 cm³/mol. The molecule has 0 aliphatic heterocycles. The van der Waals surface area contributed by atoms with Crippen molar-refractivity contribution in [2.45, 2.75) is 92.5 Å². The molecule has 3 N–H and O–H groups in total. The van der Waals surface area contributed by atoms with Gasteiger partial charge in [-0.05, 0) is 84.1 Å². The molecule has 0 saturated carbocycles. The largest absolute Gasteiger partial charge is 0.444 e. The number of amides is 3. The van der Waals surface area contributed by atoms with Crippen LogP contribution in [0.15, 0.2) is 36.4 Å². The monoisotopic (exact) mass is 525 g/mol. The lowest BCUT2D eigenvalue weighted by Gasteiger charge is -2.38. The highest BCUT2D eigenvalue weighted by Gasteiger charge is 2.39. The summed E-state index contributed by atoms with van der Waals surface area (Å²) in [4.78, 5) is 42.0. The van der Waals surface area contributed by atoms with Gasteiger partial charge in [0.2, 0.25) is 5.91 Å². The van der Waals surface area contributed by atoms with Crippen LogP contribution in [-0.2, 0) is 14.3 Å². The molecule has 0 heterocycles. The Morgan fingerprint density at radius 2 is 1.61 bits per heavy atom. The predicted octanol–water partition coefficient (Wildman–Crippen LogP) is 5.11. The minimum Gasteiger partial charge on any atom is -0.444 e. The topological polar surface area (TPSA) is 108 Å². The molecule has 0 radical (unpaired) electrons. The second kappa shape index (κ2) is 12.9. The quantitative estimate of drug-likeness (QED) is 0.422. The lowest BCUT2D eigenvalue weighted by molar-refractivity contribution is -0.144. The molecule has 2 aromatic carbocycles. The number of nitrogens with one attached hydrogen (secondary N) is 2. The van der Waals surface area contributed by atoms with Crippen molar-refractivity contribution in [3.05, 3.63) is 64.2 Å². The highest BCUT2D eigenvalue weighted by molar-refractivity contribution is 6.00. The summed E-state index contributed by atoms with van der Waals surface area (Å²) in [5, 5.41) is 15.7. The van der Waals surface area contributed by atoms with Crippen LogP contribution in [0.1, 0.15) is 74.9 Å². The molecule has 3 unspecified atom stereocenters. The zero-order valence-corrected chi connectivity index (χ0v) is 24.1. The average molecular weight is 526 g/mol. The SMILES string of the molecule is CCC(C)N(C(=O)C(CO)NC(=O)OC(C)(C)C)C(C(=O)Nc1c(C)cccc1C)c1ccc(C)cc1C. The Morgan fingerprint density at radius 1 is 1.00 bits per heavy atom. The summed E-state index contributed by atoms with van der Waals surface area (Å²) in [6, 6.07) is 8.80. The van der Waals surface area contributed by atoms with E-state index >= 15 is 0 Å². The van der Waals surface area contributed by atoms with E-state index in [2.05, 4.69) is 10.6 Å². The third kappa shape index (κ3) is 7.81. The summed E-state index contributed by atoms with van der Waals surface area (Å²) in [6.07, 6.45) is -0.272. The summed E-state index contributed by atoms with van der Waals surface area (Å²) >= 11 is 0. The number of aliphatic hydroxyl groups is 1. The van der Waals surface area contributed by atoms with Crippen LogP contribution in [0.5, 0.6) is 0 Å². The Kier molecular flexibility index (Phi) is 10.5. The average Bonchev–Trinajstić information content (AvgIpc) is 2.82. The second-order valence-electron chi connectivity index (χ2n) is 10.9. The fourth-order valence-corrected chi connectivity index (χ4v) is 4.36. The Balaban J connectivity index is 2.60. The van der Waals surface area contributed by atoms with Gasteiger partial charge in [-0.2, -0.15) is 0 Å². The summed E-state index contributed by atoms with van der Waals surface area (Å²) < 4.78 is 5.31. The fourth-order valence-electron chi connectivity index (χ4n) is 4.36. The molecule has 3 atom stereocenters. The molecular weight excluding hydrogens is 482 g/mol. The van der Waals surface area contributed by atoms with Gasteiger partial charge >= 0.3 is 6.09 Å². The number of alkyl carbamates (subject to hydrolysis) is 1. The van der Waals surface area contributed by atoms with Crippen molar-refractivity contribution >= 4 is 23.6 Å². The van der Waals surface area contributed by atoms with Crippen molar-refractivity contribution in [2.24, 2.45) is 0 Å². The maximum atomic E-state index is 14.1. The van der Waals surface area contributed by atoms with Crippen molar-refractivity contribution in [3.8, 4) is 0 Å². The summed E-state index contributed by atoms with van der Waals surface area (Å²) in [6.45, 7) is 16.0. The standard InChI is InChI=1S/C30H43N3O5/c1-10-22(6)33(28(36)24(17-34)31-29(37)38-30(7,8)9)26(23-15-14-18(2)16-21(23)5)27(35)32-25-19(3)12-11-13-20(25)4/h11-16,22,24,26,34H,10,17H2,1-9H3,(H,31,37)(H,32,35). The smallest absolute Gasteiger partial charge is 0.408 e. The van der Waals surface area contributed by atoms with E-state index in [1.165, 1.54) is 4.90 Å². The van der Waals surface area contributed by atoms with Crippen molar-refractivity contribution < 1.29 is 24.2 Å². The van der Waals surface area contributed by atoms with E-state index in [0.29, 0.717) is 17.7 Å². The molecule has 8 nitrogen and oxygen atoms in total. The van der Waals surface area contributed by atoms with E-state index in [1.54, 1.807) is 20.8 Å². The maximum absolute atomic E-state index is 14.1. The van der Waals surface area contributed by atoms with Gasteiger partial charge < -0.3 is 25.4 Å². The first-order chi connectivity index (χ1) is 17.7. The number of benzene rings is 2. The minimum absolute atomic E-state index is 0.378. The lowest BCUT2D eigenvalue weighted by atomic mass is 9.94. The van der Waals surface area contributed by atoms with Crippen LogP contribution in [0.3, 0.4) is 0 Å². The molecule has 8 heteroatoms. The molecule has 0 bridgehead atoms. The van der Waals surface area contributed by atoms with Crippen LogP contribution in [0.25, 0.3) is 0 Å². The van der Waals surface area contributed by atoms with Crippen molar-refractivity contribution in [1.29, 1.82) is 0 Å². The zero-order chi connectivity index (χ0) is 28.8. The van der Waals surface area contributed by atoms with Gasteiger partial charge in [-0.1, -0.05) is 48.9 Å². The Bertz CT molecular complexity index is 1130. The van der Waals surface area contributed by atoms with E-state index in [9.17, 15) is 19.5 Å². The Labute approximate surface area is 226 Å². The summed E-state index contributed by atoms with van der Waals surface area (Å²) in [7, 11) is 0. The molecule has 0 spiro atoms. The summed E-state index contributed by atoms with van der Waals surface area (Å²) in [5.41, 5.74) is 4.26. The molecule has 208 valence electrons. The van der Waals surface area contributed by atoms with Gasteiger partial charge in [-0.3, -0.25) is 9.59 Å². The molecule has 2 rings (SSSR count).